The van der Waals surface area contributed by atoms with Crippen molar-refractivity contribution < 1.29 is 4.79 Å². The minimum atomic E-state index is -0.102. The highest BCUT2D eigenvalue weighted by Gasteiger charge is 2.21. The predicted molar refractivity (Wildman–Crippen MR) is 70.2 cm³/mol. The van der Waals surface area contributed by atoms with E-state index in [2.05, 4.69) is 5.32 Å². The summed E-state index contributed by atoms with van der Waals surface area (Å²) in [5.41, 5.74) is 0.406. The van der Waals surface area contributed by atoms with Crippen LogP contribution in [0, 0.1) is 0 Å². The fourth-order valence-corrected chi connectivity index (χ4v) is 2.35. The van der Waals surface area contributed by atoms with Crippen molar-refractivity contribution in [3.8, 4) is 0 Å². The van der Waals surface area contributed by atoms with E-state index in [0.717, 1.165) is 13.1 Å². The van der Waals surface area contributed by atoms with E-state index in [1.54, 1.807) is 4.90 Å². The molecule has 1 saturated heterocycles. The number of rotatable bonds is 1. The van der Waals surface area contributed by atoms with Gasteiger partial charge in [0.05, 0.1) is 20.6 Å². The molecule has 0 aliphatic carbocycles. The third-order valence-electron chi connectivity index (χ3n) is 2.64. The smallest absolute Gasteiger partial charge is 0.255 e. The minimum Gasteiger partial charge on any atom is -0.336 e. The van der Waals surface area contributed by atoms with E-state index >= 15 is 0 Å². The number of nitrogens with one attached hydrogen (secondary N) is 1. The van der Waals surface area contributed by atoms with E-state index in [9.17, 15) is 4.79 Å². The maximum Gasteiger partial charge on any atom is 0.255 e. The monoisotopic (exact) mass is 292 g/mol. The van der Waals surface area contributed by atoms with Gasteiger partial charge in [-0.15, -0.1) is 0 Å². The largest absolute Gasteiger partial charge is 0.336 e. The van der Waals surface area contributed by atoms with E-state index in [1.165, 1.54) is 12.1 Å². The summed E-state index contributed by atoms with van der Waals surface area (Å²) >= 11 is 17.7. The molecule has 0 atom stereocenters. The van der Waals surface area contributed by atoms with Crippen LogP contribution in [0.4, 0.5) is 0 Å². The number of hydrogen-bond acceptors (Lipinski definition) is 2. The quantitative estimate of drug-likeness (QED) is 0.808. The Bertz CT molecular complexity index is 445. The normalized spacial score (nSPS) is 16.1. The number of hydrogen-bond donors (Lipinski definition) is 1. The molecule has 0 radical (unpaired) electrons. The zero-order valence-electron chi connectivity index (χ0n) is 8.97. The van der Waals surface area contributed by atoms with Gasteiger partial charge in [0.15, 0.2) is 0 Å². The molecule has 1 fully saturated rings. The molecule has 3 nitrogen and oxygen atoms in total. The average Bonchev–Trinajstić information content (AvgIpc) is 2.34. The third-order valence-corrected chi connectivity index (χ3v) is 3.68. The van der Waals surface area contributed by atoms with E-state index < -0.39 is 0 Å². The van der Waals surface area contributed by atoms with Gasteiger partial charge < -0.3 is 10.2 Å². The van der Waals surface area contributed by atoms with Crippen LogP contribution in [0.5, 0.6) is 0 Å². The fourth-order valence-electron chi connectivity index (χ4n) is 1.72. The second-order valence-electron chi connectivity index (χ2n) is 3.79. The maximum atomic E-state index is 12.2. The van der Waals surface area contributed by atoms with Gasteiger partial charge in [0.25, 0.3) is 5.91 Å². The second kappa shape index (κ2) is 5.44. The van der Waals surface area contributed by atoms with Crippen molar-refractivity contribution in [1.82, 2.24) is 10.2 Å². The van der Waals surface area contributed by atoms with Crippen molar-refractivity contribution in [3.63, 3.8) is 0 Å². The summed E-state index contributed by atoms with van der Waals surface area (Å²) in [6.45, 7) is 2.94. The molecule has 1 aliphatic rings. The van der Waals surface area contributed by atoms with Crippen LogP contribution in [0.15, 0.2) is 12.1 Å². The van der Waals surface area contributed by atoms with E-state index in [1.807, 2.05) is 0 Å². The predicted octanol–water partition coefficient (Wildman–Crippen LogP) is 2.69. The SMILES string of the molecule is O=C(c1cc(Cl)c(Cl)cc1Cl)N1CCNCC1. The first-order valence-corrected chi connectivity index (χ1v) is 6.37. The van der Waals surface area contributed by atoms with Crippen molar-refractivity contribution in [1.29, 1.82) is 0 Å². The highest BCUT2D eigenvalue weighted by atomic mass is 35.5. The molecular weight excluding hydrogens is 282 g/mol. The molecule has 1 heterocycles. The summed E-state index contributed by atoms with van der Waals surface area (Å²) in [5, 5.41) is 4.22. The summed E-state index contributed by atoms with van der Waals surface area (Å²) in [6, 6.07) is 3.03. The van der Waals surface area contributed by atoms with Crippen LogP contribution in [0.2, 0.25) is 15.1 Å². The van der Waals surface area contributed by atoms with Crippen LogP contribution in [0.3, 0.4) is 0 Å². The number of carbonyl (C=O) groups is 1. The van der Waals surface area contributed by atoms with Crippen molar-refractivity contribution in [2.24, 2.45) is 0 Å². The molecule has 0 spiro atoms. The van der Waals surface area contributed by atoms with Crippen LogP contribution in [-0.2, 0) is 0 Å². The maximum absolute atomic E-state index is 12.2. The van der Waals surface area contributed by atoms with Gasteiger partial charge in [-0.2, -0.15) is 0 Å². The Morgan fingerprint density at radius 2 is 1.65 bits per heavy atom. The number of halogens is 3. The lowest BCUT2D eigenvalue weighted by molar-refractivity contribution is 0.0736. The lowest BCUT2D eigenvalue weighted by Crippen LogP contribution is -2.46. The Kier molecular flexibility index (Phi) is 4.15. The van der Waals surface area contributed by atoms with Gasteiger partial charge in [-0.25, -0.2) is 0 Å². The van der Waals surface area contributed by atoms with E-state index in [4.69, 9.17) is 34.8 Å². The average molecular weight is 294 g/mol. The first-order valence-electron chi connectivity index (χ1n) is 5.24. The molecule has 2 rings (SSSR count). The molecule has 1 aromatic carbocycles. The summed E-state index contributed by atoms with van der Waals surface area (Å²) in [7, 11) is 0. The lowest BCUT2D eigenvalue weighted by Gasteiger charge is -2.27. The van der Waals surface area contributed by atoms with Crippen LogP contribution >= 0.6 is 34.8 Å². The zero-order valence-corrected chi connectivity index (χ0v) is 11.2. The summed E-state index contributed by atoms with van der Waals surface area (Å²) in [6.07, 6.45) is 0. The van der Waals surface area contributed by atoms with Gasteiger partial charge in [-0.3, -0.25) is 4.79 Å². The molecule has 17 heavy (non-hydrogen) atoms. The van der Waals surface area contributed by atoms with Gasteiger partial charge in [0.2, 0.25) is 0 Å². The van der Waals surface area contributed by atoms with Crippen molar-refractivity contribution in [2.75, 3.05) is 26.2 Å². The van der Waals surface area contributed by atoms with Crippen molar-refractivity contribution in [3.05, 3.63) is 32.8 Å². The highest BCUT2D eigenvalue weighted by Crippen LogP contribution is 2.29. The van der Waals surface area contributed by atoms with Gasteiger partial charge in [-0.1, -0.05) is 34.8 Å². The molecule has 0 bridgehead atoms. The zero-order chi connectivity index (χ0) is 12.4. The standard InChI is InChI=1S/C11H11Cl3N2O/c12-8-6-10(14)9(13)5-7(8)11(17)16-3-1-15-2-4-16/h5-6,15H,1-4H2. The molecule has 1 aromatic rings. The van der Waals surface area contributed by atoms with Gasteiger partial charge in [0.1, 0.15) is 0 Å². The van der Waals surface area contributed by atoms with Crippen LogP contribution in [-0.4, -0.2) is 37.0 Å². The molecule has 1 aliphatic heterocycles. The Morgan fingerprint density at radius 3 is 2.29 bits per heavy atom. The molecule has 1 N–H and O–H groups in total. The molecule has 0 aromatic heterocycles. The molecule has 1 amide bonds. The number of benzene rings is 1. The van der Waals surface area contributed by atoms with Crippen molar-refractivity contribution >= 4 is 40.7 Å². The Hall–Kier alpha value is -0.480. The van der Waals surface area contributed by atoms with Crippen molar-refractivity contribution in [2.45, 2.75) is 0 Å². The second-order valence-corrected chi connectivity index (χ2v) is 5.01. The van der Waals surface area contributed by atoms with Gasteiger partial charge in [0, 0.05) is 26.2 Å². The summed E-state index contributed by atoms with van der Waals surface area (Å²) in [4.78, 5) is 13.9. The van der Waals surface area contributed by atoms with Crippen LogP contribution in [0.1, 0.15) is 10.4 Å². The first-order chi connectivity index (χ1) is 8.09. The molecule has 6 heteroatoms. The Labute approximate surface area is 115 Å². The van der Waals surface area contributed by atoms with Gasteiger partial charge >= 0.3 is 0 Å². The Morgan fingerprint density at radius 1 is 1.06 bits per heavy atom. The molecule has 92 valence electrons. The summed E-state index contributed by atoms with van der Waals surface area (Å²) in [5.74, 6) is -0.102. The minimum absolute atomic E-state index is 0.102. The molecule has 0 saturated carbocycles. The fraction of sp³-hybridized carbons (Fsp3) is 0.364. The Balaban J connectivity index is 2.26. The number of nitrogens with zero attached hydrogens (tertiary/aromatic N) is 1. The summed E-state index contributed by atoms with van der Waals surface area (Å²) < 4.78 is 0. The number of amides is 1. The van der Waals surface area contributed by atoms with Crippen LogP contribution < -0.4 is 5.32 Å². The van der Waals surface area contributed by atoms with Gasteiger partial charge in [-0.05, 0) is 12.1 Å². The lowest BCUT2D eigenvalue weighted by atomic mass is 10.2. The van der Waals surface area contributed by atoms with Crippen LogP contribution in [0.25, 0.3) is 0 Å². The number of piperazine rings is 1. The molecule has 0 unspecified atom stereocenters. The molecular formula is C11H11Cl3N2O. The third kappa shape index (κ3) is 2.86. The highest BCUT2D eigenvalue weighted by molar-refractivity contribution is 6.44. The topological polar surface area (TPSA) is 32.3 Å². The number of carbonyl (C=O) groups excluding carboxylic acids is 1. The van der Waals surface area contributed by atoms with E-state index in [0.29, 0.717) is 33.7 Å². The first kappa shape index (κ1) is 13.0. The van der Waals surface area contributed by atoms with E-state index in [-0.39, 0.29) is 5.91 Å².